The molecule has 2 N–H and O–H groups in total. The standard InChI is InChI=1S/C8H13N3O2S2.ClH/c1-6-10-4-8(14-6)15(12,13)11-3-2-7(9)5-11;/h4,7H,2-3,5,9H2,1H3;1H. The van der Waals surface area contributed by atoms with E-state index >= 15 is 0 Å². The molecule has 1 unspecified atom stereocenters. The van der Waals surface area contributed by atoms with Gasteiger partial charge in [-0.1, -0.05) is 0 Å². The van der Waals surface area contributed by atoms with Gasteiger partial charge < -0.3 is 5.73 Å². The summed E-state index contributed by atoms with van der Waals surface area (Å²) in [6.07, 6.45) is 2.15. The summed E-state index contributed by atoms with van der Waals surface area (Å²) in [5, 5.41) is 0.761. The van der Waals surface area contributed by atoms with Gasteiger partial charge in [-0.15, -0.1) is 23.7 Å². The molecule has 0 aliphatic carbocycles. The second-order valence-electron chi connectivity index (χ2n) is 3.61. The quantitative estimate of drug-likeness (QED) is 0.862. The van der Waals surface area contributed by atoms with Crippen LogP contribution in [-0.4, -0.2) is 36.8 Å². The molecule has 8 heteroatoms. The van der Waals surface area contributed by atoms with Crippen LogP contribution >= 0.6 is 23.7 Å². The highest BCUT2D eigenvalue weighted by molar-refractivity contribution is 7.91. The molecule has 16 heavy (non-hydrogen) atoms. The molecule has 1 aliphatic heterocycles. The minimum absolute atomic E-state index is 0. The zero-order chi connectivity index (χ0) is 11.1. The van der Waals surface area contributed by atoms with Gasteiger partial charge in [-0.05, 0) is 13.3 Å². The van der Waals surface area contributed by atoms with Crippen molar-refractivity contribution in [2.45, 2.75) is 23.6 Å². The molecular formula is C8H14ClN3O2S2. The van der Waals surface area contributed by atoms with Crippen molar-refractivity contribution >= 4 is 33.8 Å². The van der Waals surface area contributed by atoms with Crippen LogP contribution in [0.1, 0.15) is 11.4 Å². The van der Waals surface area contributed by atoms with E-state index in [-0.39, 0.29) is 18.4 Å². The topological polar surface area (TPSA) is 76.3 Å². The summed E-state index contributed by atoms with van der Waals surface area (Å²) in [5.74, 6) is 0. The number of rotatable bonds is 2. The summed E-state index contributed by atoms with van der Waals surface area (Å²) in [5.41, 5.74) is 5.69. The SMILES string of the molecule is Cc1ncc(S(=O)(=O)N2CCC(N)C2)s1.Cl. The molecule has 2 rings (SSSR count). The lowest BCUT2D eigenvalue weighted by atomic mass is 10.3. The molecule has 1 fully saturated rings. The first kappa shape index (κ1) is 13.9. The predicted octanol–water partition coefficient (Wildman–Crippen LogP) is 0.595. The molecule has 1 aromatic heterocycles. The highest BCUT2D eigenvalue weighted by Crippen LogP contribution is 2.24. The van der Waals surface area contributed by atoms with E-state index in [4.69, 9.17) is 5.73 Å². The van der Waals surface area contributed by atoms with Gasteiger partial charge in [0.2, 0.25) is 0 Å². The molecule has 1 aliphatic rings. The number of nitrogens with two attached hydrogens (primary N) is 1. The lowest BCUT2D eigenvalue weighted by Gasteiger charge is -2.13. The number of nitrogens with zero attached hydrogens (tertiary/aromatic N) is 2. The van der Waals surface area contributed by atoms with Crippen molar-refractivity contribution in [1.29, 1.82) is 0 Å². The first-order valence-corrected chi connectivity index (χ1v) is 6.94. The molecule has 0 bridgehead atoms. The zero-order valence-corrected chi connectivity index (χ0v) is 11.2. The van der Waals surface area contributed by atoms with E-state index in [0.717, 1.165) is 11.4 Å². The molecule has 1 aromatic rings. The lowest BCUT2D eigenvalue weighted by Crippen LogP contribution is -2.31. The Hall–Kier alpha value is -0.210. The molecule has 0 radical (unpaired) electrons. The van der Waals surface area contributed by atoms with E-state index in [1.807, 2.05) is 0 Å². The maximum Gasteiger partial charge on any atom is 0.254 e. The van der Waals surface area contributed by atoms with Gasteiger partial charge in [-0.3, -0.25) is 0 Å². The molecule has 0 amide bonds. The van der Waals surface area contributed by atoms with Crippen molar-refractivity contribution in [3.05, 3.63) is 11.2 Å². The maximum absolute atomic E-state index is 12.0. The largest absolute Gasteiger partial charge is 0.326 e. The van der Waals surface area contributed by atoms with Crippen LogP contribution in [0.5, 0.6) is 0 Å². The van der Waals surface area contributed by atoms with Gasteiger partial charge >= 0.3 is 0 Å². The summed E-state index contributed by atoms with van der Waals surface area (Å²) in [7, 11) is -3.34. The highest BCUT2D eigenvalue weighted by atomic mass is 35.5. The van der Waals surface area contributed by atoms with Crippen molar-refractivity contribution < 1.29 is 8.42 Å². The Morgan fingerprint density at radius 1 is 1.62 bits per heavy atom. The fraction of sp³-hybridized carbons (Fsp3) is 0.625. The Morgan fingerprint density at radius 2 is 2.31 bits per heavy atom. The van der Waals surface area contributed by atoms with E-state index < -0.39 is 10.0 Å². The number of aromatic nitrogens is 1. The van der Waals surface area contributed by atoms with E-state index in [1.165, 1.54) is 21.8 Å². The summed E-state index contributed by atoms with van der Waals surface area (Å²) in [6, 6.07) is -0.0335. The third kappa shape index (κ3) is 2.54. The van der Waals surface area contributed by atoms with Gasteiger partial charge in [0, 0.05) is 19.1 Å². The Bertz CT molecular complexity index is 460. The highest BCUT2D eigenvalue weighted by Gasteiger charge is 2.32. The molecule has 2 heterocycles. The third-order valence-electron chi connectivity index (χ3n) is 2.38. The Kier molecular flexibility index (Phi) is 4.30. The monoisotopic (exact) mass is 283 g/mol. The van der Waals surface area contributed by atoms with Crippen LogP contribution in [0.25, 0.3) is 0 Å². The van der Waals surface area contributed by atoms with Crippen LogP contribution in [0.4, 0.5) is 0 Å². The van der Waals surface area contributed by atoms with Crippen molar-refractivity contribution in [3.63, 3.8) is 0 Å². The van der Waals surface area contributed by atoms with Gasteiger partial charge in [0.25, 0.3) is 10.0 Å². The molecule has 0 spiro atoms. The van der Waals surface area contributed by atoms with Gasteiger partial charge in [-0.2, -0.15) is 4.31 Å². The molecular weight excluding hydrogens is 270 g/mol. The number of thiazole rings is 1. The molecule has 0 aromatic carbocycles. The van der Waals surface area contributed by atoms with Crippen LogP contribution in [0.15, 0.2) is 10.4 Å². The summed E-state index contributed by atoms with van der Waals surface area (Å²) < 4.78 is 25.8. The van der Waals surface area contributed by atoms with Gasteiger partial charge in [0.15, 0.2) is 4.21 Å². The van der Waals surface area contributed by atoms with Gasteiger partial charge in [-0.25, -0.2) is 13.4 Å². The van der Waals surface area contributed by atoms with E-state index in [2.05, 4.69) is 4.98 Å². The molecule has 1 atom stereocenters. The number of aryl methyl sites for hydroxylation is 1. The summed E-state index contributed by atoms with van der Waals surface area (Å²) in [6.45, 7) is 2.72. The van der Waals surface area contributed by atoms with Crippen LogP contribution in [-0.2, 0) is 10.0 Å². The Morgan fingerprint density at radius 3 is 2.75 bits per heavy atom. The van der Waals surface area contributed by atoms with Gasteiger partial charge in [0.05, 0.1) is 11.2 Å². The molecule has 1 saturated heterocycles. The third-order valence-corrected chi connectivity index (χ3v) is 5.60. The summed E-state index contributed by atoms with van der Waals surface area (Å²) in [4.78, 5) is 3.95. The lowest BCUT2D eigenvalue weighted by molar-refractivity contribution is 0.474. The van der Waals surface area contributed by atoms with Crippen molar-refractivity contribution in [2.24, 2.45) is 5.73 Å². The first-order valence-electron chi connectivity index (χ1n) is 4.68. The average molecular weight is 284 g/mol. The number of hydrogen-bond acceptors (Lipinski definition) is 5. The number of hydrogen-bond donors (Lipinski definition) is 1. The smallest absolute Gasteiger partial charge is 0.254 e. The minimum atomic E-state index is -3.34. The van der Waals surface area contributed by atoms with Crippen LogP contribution in [0, 0.1) is 6.92 Å². The predicted molar refractivity (Wildman–Crippen MR) is 65.5 cm³/mol. The zero-order valence-electron chi connectivity index (χ0n) is 8.79. The van der Waals surface area contributed by atoms with E-state index in [9.17, 15) is 8.42 Å². The normalized spacial score (nSPS) is 22.0. The number of halogens is 1. The van der Waals surface area contributed by atoms with Crippen molar-refractivity contribution in [2.75, 3.05) is 13.1 Å². The molecule has 92 valence electrons. The Balaban J connectivity index is 0.00000128. The molecule has 5 nitrogen and oxygen atoms in total. The van der Waals surface area contributed by atoms with Crippen molar-refractivity contribution in [1.82, 2.24) is 9.29 Å². The average Bonchev–Trinajstić information content (AvgIpc) is 2.74. The summed E-state index contributed by atoms with van der Waals surface area (Å²) >= 11 is 1.20. The second kappa shape index (κ2) is 4.97. The fourth-order valence-corrected chi connectivity index (χ4v) is 4.34. The first-order chi connectivity index (χ1) is 7.00. The van der Waals surface area contributed by atoms with Crippen LogP contribution < -0.4 is 5.73 Å². The Labute approximate surface area is 105 Å². The maximum atomic E-state index is 12.0. The van der Waals surface area contributed by atoms with Gasteiger partial charge in [0.1, 0.15) is 0 Å². The van der Waals surface area contributed by atoms with E-state index in [1.54, 1.807) is 6.92 Å². The van der Waals surface area contributed by atoms with Crippen molar-refractivity contribution in [3.8, 4) is 0 Å². The minimum Gasteiger partial charge on any atom is -0.326 e. The van der Waals surface area contributed by atoms with Crippen LogP contribution in [0.2, 0.25) is 0 Å². The second-order valence-corrected chi connectivity index (χ2v) is 7.01. The number of sulfonamides is 1. The fourth-order valence-electron chi connectivity index (χ4n) is 1.56. The van der Waals surface area contributed by atoms with Crippen LogP contribution in [0.3, 0.4) is 0 Å². The van der Waals surface area contributed by atoms with E-state index in [0.29, 0.717) is 17.3 Å². The molecule has 0 saturated carbocycles.